The molecule has 0 aliphatic heterocycles. The third-order valence-corrected chi connectivity index (χ3v) is 3.75. The van der Waals surface area contributed by atoms with Crippen LogP contribution in [0.5, 0.6) is 0 Å². The summed E-state index contributed by atoms with van der Waals surface area (Å²) in [6.45, 7) is 3.27. The summed E-state index contributed by atoms with van der Waals surface area (Å²) < 4.78 is 0. The van der Waals surface area contributed by atoms with Gasteiger partial charge in [-0.05, 0) is 36.6 Å². The lowest BCUT2D eigenvalue weighted by atomic mass is 9.56. The van der Waals surface area contributed by atoms with Gasteiger partial charge in [0.1, 0.15) is 0 Å². The van der Waals surface area contributed by atoms with Crippen molar-refractivity contribution in [1.82, 2.24) is 0 Å². The second kappa shape index (κ2) is 1.97. The first kappa shape index (κ1) is 6.66. The molecule has 2 fully saturated rings. The van der Waals surface area contributed by atoms with Crippen LogP contribution in [-0.2, 0) is 0 Å². The van der Waals surface area contributed by atoms with E-state index < -0.39 is 0 Å². The molecular weight excluding hydrogens is 122 g/mol. The summed E-state index contributed by atoms with van der Waals surface area (Å²) in [6, 6.07) is 0. The molecule has 58 valence electrons. The van der Waals surface area contributed by atoms with Crippen molar-refractivity contribution in [1.29, 1.82) is 0 Å². The molecule has 0 radical (unpaired) electrons. The van der Waals surface area contributed by atoms with E-state index >= 15 is 0 Å². The van der Waals surface area contributed by atoms with E-state index in [1.54, 1.807) is 0 Å². The Morgan fingerprint density at radius 2 is 2.30 bits per heavy atom. The van der Waals surface area contributed by atoms with Crippen molar-refractivity contribution in [3.05, 3.63) is 0 Å². The summed E-state index contributed by atoms with van der Waals surface area (Å²) in [5.41, 5.74) is 6.27. The molecule has 3 atom stereocenters. The molecular formula is C9H17N. The Hall–Kier alpha value is -0.0400. The van der Waals surface area contributed by atoms with Crippen molar-refractivity contribution >= 4 is 0 Å². The van der Waals surface area contributed by atoms with Crippen LogP contribution in [-0.4, -0.2) is 6.54 Å². The molecule has 1 nitrogen and oxygen atoms in total. The van der Waals surface area contributed by atoms with E-state index in [0.717, 1.165) is 18.4 Å². The Labute approximate surface area is 63.0 Å². The van der Waals surface area contributed by atoms with Crippen LogP contribution < -0.4 is 5.73 Å². The van der Waals surface area contributed by atoms with E-state index in [1.165, 1.54) is 25.7 Å². The number of hydrogen-bond acceptors (Lipinski definition) is 1. The van der Waals surface area contributed by atoms with Crippen LogP contribution in [0, 0.1) is 17.3 Å². The molecule has 2 saturated carbocycles. The minimum absolute atomic E-state index is 0.543. The molecule has 2 aliphatic carbocycles. The SMILES string of the molecule is C[C@@]1(CN)C[C@@H]2CCC[C@@H]21. The lowest BCUT2D eigenvalue weighted by Gasteiger charge is -2.50. The molecule has 0 heterocycles. The monoisotopic (exact) mass is 139 g/mol. The first-order chi connectivity index (χ1) is 4.76. The molecule has 0 spiro atoms. The fraction of sp³-hybridized carbons (Fsp3) is 1.00. The number of fused-ring (bicyclic) bond motifs is 1. The van der Waals surface area contributed by atoms with Crippen molar-refractivity contribution in [3.63, 3.8) is 0 Å². The van der Waals surface area contributed by atoms with Crippen molar-refractivity contribution in [2.24, 2.45) is 23.0 Å². The van der Waals surface area contributed by atoms with Crippen molar-refractivity contribution in [2.75, 3.05) is 6.54 Å². The standard InChI is InChI=1S/C9H17N/c1-9(6-10)5-7-3-2-4-8(7)9/h7-8H,2-6,10H2,1H3/t7-,8-,9-/m0/s1. The summed E-state index contributed by atoms with van der Waals surface area (Å²) in [5.74, 6) is 2.06. The molecule has 0 aromatic heterocycles. The van der Waals surface area contributed by atoms with Crippen LogP contribution in [0.3, 0.4) is 0 Å². The van der Waals surface area contributed by atoms with Gasteiger partial charge >= 0.3 is 0 Å². The zero-order valence-electron chi connectivity index (χ0n) is 6.77. The van der Waals surface area contributed by atoms with E-state index in [1.807, 2.05) is 0 Å². The summed E-state index contributed by atoms with van der Waals surface area (Å²) in [5, 5.41) is 0. The van der Waals surface area contributed by atoms with Gasteiger partial charge < -0.3 is 5.73 Å². The summed E-state index contributed by atoms with van der Waals surface area (Å²) in [6.07, 6.45) is 5.82. The Morgan fingerprint density at radius 3 is 2.90 bits per heavy atom. The maximum absolute atomic E-state index is 5.72. The number of rotatable bonds is 1. The summed E-state index contributed by atoms with van der Waals surface area (Å²) >= 11 is 0. The molecule has 2 rings (SSSR count). The van der Waals surface area contributed by atoms with Crippen LogP contribution >= 0.6 is 0 Å². The molecule has 0 unspecified atom stereocenters. The average molecular weight is 139 g/mol. The second-order valence-corrected chi connectivity index (χ2v) is 4.36. The number of hydrogen-bond donors (Lipinski definition) is 1. The first-order valence-electron chi connectivity index (χ1n) is 4.46. The topological polar surface area (TPSA) is 26.0 Å². The molecule has 0 aromatic rings. The first-order valence-corrected chi connectivity index (χ1v) is 4.46. The average Bonchev–Trinajstić information content (AvgIpc) is 2.30. The van der Waals surface area contributed by atoms with E-state index in [0.29, 0.717) is 5.41 Å². The molecule has 0 saturated heterocycles. The van der Waals surface area contributed by atoms with Crippen molar-refractivity contribution in [2.45, 2.75) is 32.6 Å². The van der Waals surface area contributed by atoms with Gasteiger partial charge in [-0.25, -0.2) is 0 Å². The molecule has 0 bridgehead atoms. The highest BCUT2D eigenvalue weighted by Gasteiger charge is 2.51. The second-order valence-electron chi connectivity index (χ2n) is 4.36. The molecule has 10 heavy (non-hydrogen) atoms. The lowest BCUT2D eigenvalue weighted by Crippen LogP contribution is -2.47. The minimum Gasteiger partial charge on any atom is -0.330 e. The van der Waals surface area contributed by atoms with Gasteiger partial charge in [-0.1, -0.05) is 19.8 Å². The van der Waals surface area contributed by atoms with Crippen LogP contribution in [0.1, 0.15) is 32.6 Å². The Morgan fingerprint density at radius 1 is 1.50 bits per heavy atom. The predicted molar refractivity (Wildman–Crippen MR) is 42.6 cm³/mol. The lowest BCUT2D eigenvalue weighted by molar-refractivity contribution is 0.00525. The quantitative estimate of drug-likeness (QED) is 0.588. The Kier molecular flexibility index (Phi) is 1.31. The Balaban J connectivity index is 2.05. The van der Waals surface area contributed by atoms with Gasteiger partial charge in [-0.15, -0.1) is 0 Å². The molecule has 0 amide bonds. The predicted octanol–water partition coefficient (Wildman–Crippen LogP) is 1.77. The van der Waals surface area contributed by atoms with Gasteiger partial charge in [0, 0.05) is 0 Å². The molecule has 2 N–H and O–H groups in total. The maximum atomic E-state index is 5.72. The van der Waals surface area contributed by atoms with Crippen molar-refractivity contribution < 1.29 is 0 Å². The maximum Gasteiger partial charge on any atom is -0.00203 e. The largest absolute Gasteiger partial charge is 0.330 e. The van der Waals surface area contributed by atoms with Gasteiger partial charge in [0.05, 0.1) is 0 Å². The minimum atomic E-state index is 0.543. The fourth-order valence-electron chi connectivity index (χ4n) is 3.02. The van der Waals surface area contributed by atoms with Gasteiger partial charge in [-0.2, -0.15) is 0 Å². The summed E-state index contributed by atoms with van der Waals surface area (Å²) in [4.78, 5) is 0. The van der Waals surface area contributed by atoms with Crippen LogP contribution in [0.4, 0.5) is 0 Å². The zero-order valence-corrected chi connectivity index (χ0v) is 6.77. The fourth-order valence-corrected chi connectivity index (χ4v) is 3.02. The molecule has 0 aromatic carbocycles. The summed E-state index contributed by atoms with van der Waals surface area (Å²) in [7, 11) is 0. The number of nitrogens with two attached hydrogens (primary N) is 1. The van der Waals surface area contributed by atoms with E-state index in [-0.39, 0.29) is 0 Å². The van der Waals surface area contributed by atoms with E-state index in [4.69, 9.17) is 5.73 Å². The highest BCUT2D eigenvalue weighted by Crippen LogP contribution is 2.58. The van der Waals surface area contributed by atoms with Crippen molar-refractivity contribution in [3.8, 4) is 0 Å². The smallest absolute Gasteiger partial charge is 0.00203 e. The highest BCUT2D eigenvalue weighted by molar-refractivity contribution is 5.01. The van der Waals surface area contributed by atoms with Gasteiger partial charge in [0.25, 0.3) is 0 Å². The Bertz CT molecular complexity index is 144. The zero-order chi connectivity index (χ0) is 7.19. The third kappa shape index (κ3) is 0.672. The van der Waals surface area contributed by atoms with Crippen LogP contribution in [0.2, 0.25) is 0 Å². The van der Waals surface area contributed by atoms with Crippen LogP contribution in [0.15, 0.2) is 0 Å². The van der Waals surface area contributed by atoms with Gasteiger partial charge in [0.2, 0.25) is 0 Å². The third-order valence-electron chi connectivity index (χ3n) is 3.75. The molecule has 1 heteroatoms. The van der Waals surface area contributed by atoms with E-state index in [2.05, 4.69) is 6.92 Å². The highest BCUT2D eigenvalue weighted by atomic mass is 14.7. The van der Waals surface area contributed by atoms with Gasteiger partial charge in [-0.3, -0.25) is 0 Å². The van der Waals surface area contributed by atoms with Crippen LogP contribution in [0.25, 0.3) is 0 Å². The van der Waals surface area contributed by atoms with Gasteiger partial charge in [0.15, 0.2) is 0 Å². The van der Waals surface area contributed by atoms with E-state index in [9.17, 15) is 0 Å². The normalized spacial score (nSPS) is 52.2. The molecule has 2 aliphatic rings.